The molecule has 20 heavy (non-hydrogen) atoms. The fourth-order valence-corrected chi connectivity index (χ4v) is 2.79. The van der Waals surface area contributed by atoms with Gasteiger partial charge < -0.3 is 14.7 Å². The van der Waals surface area contributed by atoms with Gasteiger partial charge in [-0.25, -0.2) is 4.39 Å². The molecule has 2 atom stereocenters. The van der Waals surface area contributed by atoms with Crippen LogP contribution in [0.15, 0.2) is 18.2 Å². The number of hydrogen-bond acceptors (Lipinski definition) is 3. The van der Waals surface area contributed by atoms with E-state index in [-0.39, 0.29) is 5.82 Å². The van der Waals surface area contributed by atoms with Gasteiger partial charge in [0.25, 0.3) is 0 Å². The number of likely N-dealkylation sites (tertiary alicyclic amines) is 1. The van der Waals surface area contributed by atoms with Gasteiger partial charge in [0.05, 0.1) is 12.7 Å². The Hall–Kier alpha value is -1.13. The zero-order valence-electron chi connectivity index (χ0n) is 12.3. The first-order chi connectivity index (χ1) is 9.58. The molecule has 1 N–H and O–H groups in total. The fourth-order valence-electron chi connectivity index (χ4n) is 2.79. The van der Waals surface area contributed by atoms with Crippen LogP contribution in [0.2, 0.25) is 0 Å². The molecule has 1 aliphatic rings. The Morgan fingerprint density at radius 3 is 2.95 bits per heavy atom. The standard InChI is InChI=1S/C16H24FNO2/c1-12(19)15-7-6-13(17)11-16(15)20-10-8-14-5-3-4-9-18(14)2/h6-7,11-12,14,19H,3-5,8-10H2,1-2H3/t12-,14?/m0/s1. The summed E-state index contributed by atoms with van der Waals surface area (Å²) in [5.41, 5.74) is 0.642. The van der Waals surface area contributed by atoms with Crippen LogP contribution in [0.4, 0.5) is 4.39 Å². The Bertz CT molecular complexity index is 436. The molecule has 1 aliphatic heterocycles. The molecule has 0 saturated carbocycles. The van der Waals surface area contributed by atoms with Crippen LogP contribution in [0.3, 0.4) is 0 Å². The highest BCUT2D eigenvalue weighted by Gasteiger charge is 2.19. The molecule has 0 aromatic heterocycles. The van der Waals surface area contributed by atoms with Crippen LogP contribution in [0.1, 0.15) is 44.3 Å². The summed E-state index contributed by atoms with van der Waals surface area (Å²) < 4.78 is 19.0. The van der Waals surface area contributed by atoms with Crippen molar-refractivity contribution in [3.05, 3.63) is 29.6 Å². The van der Waals surface area contributed by atoms with Crippen molar-refractivity contribution >= 4 is 0 Å². The predicted octanol–water partition coefficient (Wildman–Crippen LogP) is 3.13. The molecule has 1 aromatic carbocycles. The number of piperidine rings is 1. The molecular weight excluding hydrogens is 257 g/mol. The summed E-state index contributed by atoms with van der Waals surface area (Å²) in [5.74, 6) is 0.123. The van der Waals surface area contributed by atoms with Gasteiger partial charge in [-0.2, -0.15) is 0 Å². The van der Waals surface area contributed by atoms with Gasteiger partial charge in [-0.15, -0.1) is 0 Å². The Balaban J connectivity index is 1.91. The smallest absolute Gasteiger partial charge is 0.127 e. The lowest BCUT2D eigenvalue weighted by atomic mass is 10.0. The van der Waals surface area contributed by atoms with Crippen molar-refractivity contribution in [2.45, 2.75) is 44.8 Å². The van der Waals surface area contributed by atoms with Crippen LogP contribution >= 0.6 is 0 Å². The highest BCUT2D eigenvalue weighted by Crippen LogP contribution is 2.26. The van der Waals surface area contributed by atoms with Crippen molar-refractivity contribution in [2.75, 3.05) is 20.2 Å². The molecule has 0 aliphatic carbocycles. The van der Waals surface area contributed by atoms with Crippen molar-refractivity contribution in [2.24, 2.45) is 0 Å². The van der Waals surface area contributed by atoms with E-state index in [2.05, 4.69) is 11.9 Å². The average molecular weight is 281 g/mol. The summed E-state index contributed by atoms with van der Waals surface area (Å²) in [4.78, 5) is 2.37. The van der Waals surface area contributed by atoms with Crippen molar-refractivity contribution in [3.8, 4) is 5.75 Å². The summed E-state index contributed by atoms with van der Waals surface area (Å²) in [6.07, 6.45) is 4.03. The Morgan fingerprint density at radius 1 is 1.45 bits per heavy atom. The number of hydrogen-bond donors (Lipinski definition) is 1. The van der Waals surface area contributed by atoms with Crippen molar-refractivity contribution in [3.63, 3.8) is 0 Å². The highest BCUT2D eigenvalue weighted by molar-refractivity contribution is 5.35. The maximum atomic E-state index is 13.3. The Morgan fingerprint density at radius 2 is 2.25 bits per heavy atom. The number of aliphatic hydroxyl groups excluding tert-OH is 1. The van der Waals surface area contributed by atoms with Crippen LogP contribution in [0.5, 0.6) is 5.75 Å². The number of halogens is 1. The minimum Gasteiger partial charge on any atom is -0.493 e. The highest BCUT2D eigenvalue weighted by atomic mass is 19.1. The summed E-state index contributed by atoms with van der Waals surface area (Å²) in [6.45, 7) is 3.36. The largest absolute Gasteiger partial charge is 0.493 e. The predicted molar refractivity (Wildman–Crippen MR) is 77.4 cm³/mol. The molecule has 1 aromatic rings. The first-order valence-corrected chi connectivity index (χ1v) is 7.38. The molecule has 0 spiro atoms. The van der Waals surface area contributed by atoms with Crippen molar-refractivity contribution in [1.29, 1.82) is 0 Å². The van der Waals surface area contributed by atoms with Crippen LogP contribution in [0.25, 0.3) is 0 Å². The molecule has 3 nitrogen and oxygen atoms in total. The zero-order valence-corrected chi connectivity index (χ0v) is 12.3. The van der Waals surface area contributed by atoms with Gasteiger partial charge in [0.15, 0.2) is 0 Å². The molecule has 0 radical (unpaired) electrons. The van der Waals surface area contributed by atoms with E-state index < -0.39 is 6.10 Å². The van der Waals surface area contributed by atoms with Gasteiger partial charge in [0, 0.05) is 17.7 Å². The Kier molecular flexibility index (Phi) is 5.38. The Labute approximate surface area is 120 Å². The molecule has 4 heteroatoms. The minimum absolute atomic E-state index is 0.334. The number of benzene rings is 1. The summed E-state index contributed by atoms with van der Waals surface area (Å²) in [7, 11) is 2.15. The third-order valence-corrected chi connectivity index (χ3v) is 4.06. The third kappa shape index (κ3) is 3.93. The normalized spacial score (nSPS) is 21.7. The van der Waals surface area contributed by atoms with E-state index >= 15 is 0 Å². The van der Waals surface area contributed by atoms with E-state index in [0.717, 1.165) is 13.0 Å². The van der Waals surface area contributed by atoms with E-state index in [1.807, 2.05) is 0 Å². The SMILES string of the molecule is C[C@H](O)c1ccc(F)cc1OCCC1CCCCN1C. The van der Waals surface area contributed by atoms with Crippen LogP contribution in [0, 0.1) is 5.82 Å². The molecule has 0 amide bonds. The van der Waals surface area contributed by atoms with E-state index in [1.54, 1.807) is 13.0 Å². The quantitative estimate of drug-likeness (QED) is 0.900. The van der Waals surface area contributed by atoms with Crippen LogP contribution < -0.4 is 4.74 Å². The molecule has 0 bridgehead atoms. The monoisotopic (exact) mass is 281 g/mol. The lowest BCUT2D eigenvalue weighted by molar-refractivity contribution is 0.149. The lowest BCUT2D eigenvalue weighted by Gasteiger charge is -2.32. The molecule has 112 valence electrons. The number of rotatable bonds is 5. The minimum atomic E-state index is -0.650. The van der Waals surface area contributed by atoms with Gasteiger partial charge in [-0.1, -0.05) is 6.42 Å². The molecule has 1 heterocycles. The van der Waals surface area contributed by atoms with Gasteiger partial charge in [-0.3, -0.25) is 0 Å². The fraction of sp³-hybridized carbons (Fsp3) is 0.625. The van der Waals surface area contributed by atoms with Crippen LogP contribution in [-0.4, -0.2) is 36.2 Å². The van der Waals surface area contributed by atoms with Gasteiger partial charge in [-0.05, 0) is 51.9 Å². The topological polar surface area (TPSA) is 32.7 Å². The third-order valence-electron chi connectivity index (χ3n) is 4.06. The van der Waals surface area contributed by atoms with Crippen LogP contribution in [-0.2, 0) is 0 Å². The average Bonchev–Trinajstić information content (AvgIpc) is 2.41. The molecule has 1 unspecified atom stereocenters. The van der Waals surface area contributed by atoms with E-state index in [0.29, 0.717) is 24.0 Å². The molecular formula is C16H24FNO2. The molecule has 2 rings (SSSR count). The van der Waals surface area contributed by atoms with Crippen molar-refractivity contribution < 1.29 is 14.2 Å². The van der Waals surface area contributed by atoms with Gasteiger partial charge >= 0.3 is 0 Å². The summed E-state index contributed by atoms with van der Waals surface area (Å²) >= 11 is 0. The van der Waals surface area contributed by atoms with E-state index in [4.69, 9.17) is 4.74 Å². The first-order valence-electron chi connectivity index (χ1n) is 7.38. The van der Waals surface area contributed by atoms with Gasteiger partial charge in [0.2, 0.25) is 0 Å². The summed E-state index contributed by atoms with van der Waals surface area (Å²) in [6, 6.07) is 4.84. The number of nitrogens with zero attached hydrogens (tertiary/aromatic N) is 1. The molecule has 1 fully saturated rings. The first kappa shape index (κ1) is 15.3. The second-order valence-corrected chi connectivity index (χ2v) is 5.63. The second-order valence-electron chi connectivity index (χ2n) is 5.63. The zero-order chi connectivity index (χ0) is 14.5. The van der Waals surface area contributed by atoms with E-state index in [1.165, 1.54) is 31.4 Å². The van der Waals surface area contributed by atoms with Gasteiger partial charge in [0.1, 0.15) is 11.6 Å². The second kappa shape index (κ2) is 7.04. The maximum Gasteiger partial charge on any atom is 0.127 e. The number of aliphatic hydroxyl groups is 1. The maximum absolute atomic E-state index is 13.3. The summed E-state index contributed by atoms with van der Waals surface area (Å²) in [5, 5.41) is 9.67. The lowest BCUT2D eigenvalue weighted by Crippen LogP contribution is -2.37. The molecule has 1 saturated heterocycles. The van der Waals surface area contributed by atoms with E-state index in [9.17, 15) is 9.50 Å². The van der Waals surface area contributed by atoms with Crippen molar-refractivity contribution in [1.82, 2.24) is 4.90 Å². The number of ether oxygens (including phenoxy) is 1.